The van der Waals surface area contributed by atoms with Crippen LogP contribution in [0.4, 0.5) is 0 Å². The Balaban J connectivity index is 2.64. The monoisotopic (exact) mass is 380 g/mol. The first-order valence-electron chi connectivity index (χ1n) is 3.91. The van der Waals surface area contributed by atoms with Crippen molar-refractivity contribution in [3.63, 3.8) is 0 Å². The summed E-state index contributed by atoms with van der Waals surface area (Å²) in [5.74, 6) is 0. The quantitative estimate of drug-likeness (QED) is 0.501. The van der Waals surface area contributed by atoms with Crippen molar-refractivity contribution in [2.24, 2.45) is 5.41 Å². The molecule has 1 aliphatic heterocycles. The van der Waals surface area contributed by atoms with Gasteiger partial charge in [-0.15, -0.1) is 0 Å². The normalized spacial score (nSPS) is 33.8. The van der Waals surface area contributed by atoms with Gasteiger partial charge in [0.2, 0.25) is 0 Å². The maximum absolute atomic E-state index is 5.50. The molecule has 0 aromatic carbocycles. The average molecular weight is 380 g/mol. The molecule has 1 unspecified atom stereocenters. The average Bonchev–Trinajstić information content (AvgIpc) is 1.87. The fourth-order valence-corrected chi connectivity index (χ4v) is 2.13. The molecule has 0 bridgehead atoms. The van der Waals surface area contributed by atoms with Crippen molar-refractivity contribution in [1.29, 1.82) is 0 Å². The third kappa shape index (κ3) is 2.43. The first-order valence-corrected chi connectivity index (χ1v) is 6.07. The summed E-state index contributed by atoms with van der Waals surface area (Å²) in [6.45, 7) is 6.49. The van der Waals surface area contributed by atoms with Crippen molar-refractivity contribution < 1.29 is 4.74 Å². The SMILES string of the molecule is CC(I)(I)C1(C)CCCOC1. The van der Waals surface area contributed by atoms with E-state index in [1.54, 1.807) is 0 Å². The van der Waals surface area contributed by atoms with Crippen molar-refractivity contribution in [3.05, 3.63) is 0 Å². The minimum atomic E-state index is 0.322. The lowest BCUT2D eigenvalue weighted by Crippen LogP contribution is -2.40. The lowest BCUT2D eigenvalue weighted by Gasteiger charge is -2.41. The first kappa shape index (κ1) is 10.5. The predicted octanol–water partition coefficient (Wildman–Crippen LogP) is 3.39. The molecule has 0 N–H and O–H groups in total. The third-order valence-electron chi connectivity index (χ3n) is 2.50. The van der Waals surface area contributed by atoms with E-state index in [1.807, 2.05) is 0 Å². The van der Waals surface area contributed by atoms with Gasteiger partial charge < -0.3 is 4.74 Å². The molecule has 1 aliphatic rings. The van der Waals surface area contributed by atoms with Gasteiger partial charge in [0.1, 0.15) is 0 Å². The van der Waals surface area contributed by atoms with Crippen LogP contribution in [0.5, 0.6) is 0 Å². The van der Waals surface area contributed by atoms with Gasteiger partial charge >= 0.3 is 0 Å². The van der Waals surface area contributed by atoms with Gasteiger partial charge in [-0.2, -0.15) is 0 Å². The van der Waals surface area contributed by atoms with Crippen LogP contribution in [0.15, 0.2) is 0 Å². The van der Waals surface area contributed by atoms with Crippen LogP contribution in [0.3, 0.4) is 0 Å². The molecule has 0 aliphatic carbocycles. The Morgan fingerprint density at radius 2 is 2.09 bits per heavy atom. The molecule has 0 saturated carbocycles. The summed E-state index contributed by atoms with van der Waals surface area (Å²) >= 11 is 5.04. The van der Waals surface area contributed by atoms with Gasteiger partial charge in [-0.25, -0.2) is 0 Å². The van der Waals surface area contributed by atoms with Gasteiger partial charge in [0.25, 0.3) is 0 Å². The molecule has 3 heteroatoms. The molecule has 66 valence electrons. The molecule has 0 amide bonds. The Morgan fingerprint density at radius 1 is 1.45 bits per heavy atom. The van der Waals surface area contributed by atoms with E-state index in [-0.39, 0.29) is 0 Å². The molecule has 0 aromatic rings. The lowest BCUT2D eigenvalue weighted by molar-refractivity contribution is 0.00367. The molecule has 1 atom stereocenters. The molecule has 1 saturated heterocycles. The Bertz CT molecular complexity index is 134. The molecule has 11 heavy (non-hydrogen) atoms. The van der Waals surface area contributed by atoms with Crippen molar-refractivity contribution in [2.45, 2.75) is 28.1 Å². The maximum atomic E-state index is 5.50. The first-order chi connectivity index (χ1) is 4.96. The summed E-state index contributed by atoms with van der Waals surface area (Å²) in [4.78, 5) is 0. The molecule has 1 fully saturated rings. The van der Waals surface area contributed by atoms with E-state index >= 15 is 0 Å². The van der Waals surface area contributed by atoms with Gasteiger partial charge in [-0.1, -0.05) is 52.1 Å². The van der Waals surface area contributed by atoms with Gasteiger partial charge in [-0.3, -0.25) is 0 Å². The molecule has 1 nitrogen and oxygen atoms in total. The van der Waals surface area contributed by atoms with Crippen molar-refractivity contribution in [1.82, 2.24) is 0 Å². The van der Waals surface area contributed by atoms with Crippen molar-refractivity contribution >= 4 is 45.2 Å². The molecule has 0 aromatic heterocycles. The van der Waals surface area contributed by atoms with Gasteiger partial charge in [0.15, 0.2) is 0 Å². The van der Waals surface area contributed by atoms with E-state index in [0.717, 1.165) is 13.2 Å². The van der Waals surface area contributed by atoms with Gasteiger partial charge in [0.05, 0.1) is 8.04 Å². The standard InChI is InChI=1S/C8H14I2O/c1-7(8(2,9)10)4-3-5-11-6-7/h3-6H2,1-2H3. The minimum Gasteiger partial charge on any atom is -0.381 e. The molecule has 0 radical (unpaired) electrons. The van der Waals surface area contributed by atoms with Crippen molar-refractivity contribution in [2.75, 3.05) is 13.2 Å². The summed E-state index contributed by atoms with van der Waals surface area (Å²) in [5, 5.41) is 0. The Morgan fingerprint density at radius 3 is 2.36 bits per heavy atom. The van der Waals surface area contributed by atoms with Crippen LogP contribution in [0.1, 0.15) is 26.7 Å². The zero-order valence-electron chi connectivity index (χ0n) is 6.99. The van der Waals surface area contributed by atoms with E-state index in [9.17, 15) is 0 Å². The Kier molecular flexibility index (Phi) is 3.49. The van der Waals surface area contributed by atoms with Crippen LogP contribution in [0.25, 0.3) is 0 Å². The highest BCUT2D eigenvalue weighted by Crippen LogP contribution is 2.49. The van der Waals surface area contributed by atoms with E-state index < -0.39 is 0 Å². The van der Waals surface area contributed by atoms with Crippen LogP contribution in [0.2, 0.25) is 0 Å². The van der Waals surface area contributed by atoms with E-state index in [1.165, 1.54) is 12.8 Å². The highest BCUT2D eigenvalue weighted by Gasteiger charge is 2.41. The number of rotatable bonds is 1. The van der Waals surface area contributed by atoms with Crippen molar-refractivity contribution in [3.8, 4) is 0 Å². The largest absolute Gasteiger partial charge is 0.381 e. The number of halogens is 2. The molecule has 0 spiro atoms. The summed E-state index contributed by atoms with van der Waals surface area (Å²) < 4.78 is 5.82. The Labute approximate surface area is 95.9 Å². The lowest BCUT2D eigenvalue weighted by atomic mass is 9.82. The fourth-order valence-electron chi connectivity index (χ4n) is 1.28. The Hall–Kier alpha value is 1.42. The zero-order chi connectivity index (χ0) is 8.54. The van der Waals surface area contributed by atoms with E-state index in [4.69, 9.17) is 4.74 Å². The predicted molar refractivity (Wildman–Crippen MR) is 64.6 cm³/mol. The molecular weight excluding hydrogens is 366 g/mol. The van der Waals surface area contributed by atoms with Crippen LogP contribution >= 0.6 is 45.2 Å². The second kappa shape index (κ2) is 3.65. The molecule has 1 heterocycles. The number of hydrogen-bond donors (Lipinski definition) is 0. The second-order valence-electron chi connectivity index (χ2n) is 3.61. The van der Waals surface area contributed by atoms with Crippen LogP contribution in [-0.2, 0) is 4.74 Å². The number of hydrogen-bond acceptors (Lipinski definition) is 1. The summed E-state index contributed by atoms with van der Waals surface area (Å²) in [6.07, 6.45) is 2.52. The van der Waals surface area contributed by atoms with E-state index in [2.05, 4.69) is 59.0 Å². The highest BCUT2D eigenvalue weighted by atomic mass is 127. The minimum absolute atomic E-state index is 0.322. The fraction of sp³-hybridized carbons (Fsp3) is 1.00. The topological polar surface area (TPSA) is 9.23 Å². The number of ether oxygens (including phenoxy) is 1. The molecular formula is C8H14I2O. The highest BCUT2D eigenvalue weighted by molar-refractivity contribution is 14.2. The van der Waals surface area contributed by atoms with Gasteiger partial charge in [0, 0.05) is 12.0 Å². The van der Waals surface area contributed by atoms with E-state index in [0.29, 0.717) is 6.84 Å². The maximum Gasteiger partial charge on any atom is 0.0781 e. The van der Waals surface area contributed by atoms with Crippen LogP contribution in [0, 0.1) is 5.41 Å². The van der Waals surface area contributed by atoms with Crippen LogP contribution in [-0.4, -0.2) is 14.6 Å². The summed E-state index contributed by atoms with van der Waals surface area (Å²) in [7, 11) is 0. The smallest absolute Gasteiger partial charge is 0.0781 e. The summed E-state index contributed by atoms with van der Waals surface area (Å²) in [5.41, 5.74) is 0.367. The second-order valence-corrected chi connectivity index (χ2v) is 9.98. The van der Waals surface area contributed by atoms with Gasteiger partial charge in [-0.05, 0) is 19.8 Å². The van der Waals surface area contributed by atoms with Crippen LogP contribution < -0.4 is 0 Å². The molecule has 1 rings (SSSR count). The summed E-state index contributed by atoms with van der Waals surface area (Å²) in [6, 6.07) is 0. The zero-order valence-corrected chi connectivity index (χ0v) is 11.3. The number of alkyl halides is 2. The third-order valence-corrected chi connectivity index (χ3v) is 5.10.